The van der Waals surface area contributed by atoms with Gasteiger partial charge in [-0.25, -0.2) is 0 Å². The number of hydrogen-bond acceptors (Lipinski definition) is 3. The lowest BCUT2D eigenvalue weighted by molar-refractivity contribution is 0.305. The van der Waals surface area contributed by atoms with Gasteiger partial charge >= 0.3 is 0 Å². The molecule has 3 rings (SSSR count). The smallest absolute Gasteiger partial charge is 0.123 e. The van der Waals surface area contributed by atoms with Gasteiger partial charge in [-0.1, -0.05) is 29.8 Å². The molecule has 0 spiro atoms. The highest BCUT2D eigenvalue weighted by Gasteiger charge is 2.07. The molecule has 0 bridgehead atoms. The van der Waals surface area contributed by atoms with Gasteiger partial charge in [-0.15, -0.1) is 11.3 Å². The van der Waals surface area contributed by atoms with Crippen molar-refractivity contribution in [3.05, 3.63) is 64.0 Å². The number of rotatable bonds is 5. The number of thiophene rings is 1. The lowest BCUT2D eigenvalue weighted by atomic mass is 10.1. The Morgan fingerprint density at radius 3 is 2.81 bits per heavy atom. The molecule has 2 nitrogen and oxygen atoms in total. The van der Waals surface area contributed by atoms with E-state index in [1.165, 1.54) is 15.6 Å². The second kappa shape index (κ2) is 6.48. The second-order valence-corrected chi connectivity index (χ2v) is 6.18. The Hall–Kier alpha value is -1.55. The normalized spacial score (nSPS) is 11.0. The summed E-state index contributed by atoms with van der Waals surface area (Å²) in [4.78, 5) is 0. The molecule has 4 heteroatoms. The van der Waals surface area contributed by atoms with E-state index >= 15 is 0 Å². The largest absolute Gasteiger partial charge is 0.489 e. The van der Waals surface area contributed by atoms with Crippen molar-refractivity contribution in [2.75, 3.05) is 6.54 Å². The number of halogens is 1. The minimum absolute atomic E-state index is 0.559. The molecule has 0 radical (unpaired) electrons. The highest BCUT2D eigenvalue weighted by molar-refractivity contribution is 7.17. The van der Waals surface area contributed by atoms with Crippen molar-refractivity contribution in [3.63, 3.8) is 0 Å². The zero-order valence-corrected chi connectivity index (χ0v) is 13.1. The van der Waals surface area contributed by atoms with E-state index in [4.69, 9.17) is 22.1 Å². The van der Waals surface area contributed by atoms with Gasteiger partial charge in [-0.2, -0.15) is 0 Å². The van der Waals surface area contributed by atoms with Crippen LogP contribution in [0.25, 0.3) is 10.1 Å². The summed E-state index contributed by atoms with van der Waals surface area (Å²) in [6, 6.07) is 14.1. The summed E-state index contributed by atoms with van der Waals surface area (Å²) in [6.07, 6.45) is 0.764. The summed E-state index contributed by atoms with van der Waals surface area (Å²) in [5, 5.41) is 4.13. The van der Waals surface area contributed by atoms with Gasteiger partial charge in [0.1, 0.15) is 12.4 Å². The Balaban J connectivity index is 1.81. The highest BCUT2D eigenvalue weighted by Crippen LogP contribution is 2.28. The average molecular weight is 318 g/mol. The topological polar surface area (TPSA) is 35.2 Å². The Morgan fingerprint density at radius 1 is 1.10 bits per heavy atom. The maximum Gasteiger partial charge on any atom is 0.123 e. The van der Waals surface area contributed by atoms with Crippen molar-refractivity contribution >= 4 is 33.0 Å². The second-order valence-electron chi connectivity index (χ2n) is 4.84. The minimum atomic E-state index is 0.559. The fourth-order valence-corrected chi connectivity index (χ4v) is 3.48. The number of ether oxygens (including phenoxy) is 1. The van der Waals surface area contributed by atoms with Crippen LogP contribution in [0.5, 0.6) is 5.75 Å². The number of hydrogen-bond donors (Lipinski definition) is 1. The third-order valence-electron chi connectivity index (χ3n) is 3.38. The van der Waals surface area contributed by atoms with Crippen LogP contribution in [0.2, 0.25) is 5.02 Å². The third kappa shape index (κ3) is 3.21. The molecule has 0 saturated carbocycles. The van der Waals surface area contributed by atoms with Gasteiger partial charge in [-0.05, 0) is 53.6 Å². The monoisotopic (exact) mass is 317 g/mol. The summed E-state index contributed by atoms with van der Waals surface area (Å²) >= 11 is 7.78. The van der Waals surface area contributed by atoms with Crippen LogP contribution in [0, 0.1) is 0 Å². The van der Waals surface area contributed by atoms with Crippen LogP contribution in [-0.4, -0.2) is 6.54 Å². The van der Waals surface area contributed by atoms with E-state index in [1.54, 1.807) is 11.3 Å². The van der Waals surface area contributed by atoms with Gasteiger partial charge in [-0.3, -0.25) is 0 Å². The Bertz CT molecular complexity index is 753. The predicted molar refractivity (Wildman–Crippen MR) is 90.4 cm³/mol. The number of fused-ring (bicyclic) bond motifs is 1. The van der Waals surface area contributed by atoms with Gasteiger partial charge < -0.3 is 10.5 Å². The van der Waals surface area contributed by atoms with Crippen molar-refractivity contribution in [1.82, 2.24) is 0 Å². The molecule has 2 N–H and O–H groups in total. The number of benzene rings is 2. The van der Waals surface area contributed by atoms with Gasteiger partial charge in [0.25, 0.3) is 0 Å². The molecule has 0 fully saturated rings. The molecule has 0 aliphatic rings. The number of nitrogens with two attached hydrogens (primary N) is 1. The Kier molecular flexibility index (Phi) is 4.44. The first-order valence-electron chi connectivity index (χ1n) is 6.84. The molecule has 0 amide bonds. The average Bonchev–Trinajstić information content (AvgIpc) is 2.90. The first kappa shape index (κ1) is 14.4. The fourth-order valence-electron chi connectivity index (χ4n) is 2.34. The maximum atomic E-state index is 6.04. The van der Waals surface area contributed by atoms with Crippen molar-refractivity contribution in [2.45, 2.75) is 13.0 Å². The summed E-state index contributed by atoms with van der Waals surface area (Å²) in [5.74, 6) is 0.861. The summed E-state index contributed by atoms with van der Waals surface area (Å²) < 4.78 is 7.28. The first-order chi connectivity index (χ1) is 10.3. The van der Waals surface area contributed by atoms with Crippen LogP contribution in [0.3, 0.4) is 0 Å². The van der Waals surface area contributed by atoms with Gasteiger partial charge in [0, 0.05) is 15.3 Å². The molecule has 2 aromatic carbocycles. The van der Waals surface area contributed by atoms with Crippen LogP contribution in [0.4, 0.5) is 0 Å². The fraction of sp³-hybridized carbons (Fsp3) is 0.176. The van der Waals surface area contributed by atoms with Crippen molar-refractivity contribution in [2.24, 2.45) is 5.73 Å². The van der Waals surface area contributed by atoms with Crippen LogP contribution in [-0.2, 0) is 13.0 Å². The van der Waals surface area contributed by atoms with E-state index in [2.05, 4.69) is 29.6 Å². The molecule has 0 aliphatic heterocycles. The van der Waals surface area contributed by atoms with Crippen LogP contribution in [0.15, 0.2) is 47.8 Å². The predicted octanol–water partition coefficient (Wildman–Crippen LogP) is 4.63. The van der Waals surface area contributed by atoms with Crippen LogP contribution in [0.1, 0.15) is 11.1 Å². The minimum Gasteiger partial charge on any atom is -0.489 e. The van der Waals surface area contributed by atoms with Gasteiger partial charge in [0.05, 0.1) is 0 Å². The van der Waals surface area contributed by atoms with Crippen molar-refractivity contribution in [3.8, 4) is 5.75 Å². The quantitative estimate of drug-likeness (QED) is 0.744. The third-order valence-corrected chi connectivity index (χ3v) is 4.63. The lowest BCUT2D eigenvalue weighted by Crippen LogP contribution is -2.05. The van der Waals surface area contributed by atoms with E-state index in [0.717, 1.165) is 17.7 Å². The van der Waals surface area contributed by atoms with E-state index in [1.807, 2.05) is 18.2 Å². The molecular weight excluding hydrogens is 302 g/mol. The molecule has 0 aliphatic carbocycles. The standard InChI is InChI=1S/C17H16ClNOS/c18-14-5-6-16(12(9-14)7-8-19)20-10-13-11-21-17-4-2-1-3-15(13)17/h1-6,9,11H,7-8,10,19H2. The van der Waals surface area contributed by atoms with E-state index < -0.39 is 0 Å². The molecule has 1 aromatic heterocycles. The van der Waals surface area contributed by atoms with Crippen molar-refractivity contribution in [1.29, 1.82) is 0 Å². The SMILES string of the molecule is NCCc1cc(Cl)ccc1OCc1csc2ccccc12. The first-order valence-corrected chi connectivity index (χ1v) is 8.10. The van der Waals surface area contributed by atoms with E-state index in [9.17, 15) is 0 Å². The Morgan fingerprint density at radius 2 is 1.95 bits per heavy atom. The summed E-state index contributed by atoms with van der Waals surface area (Å²) in [7, 11) is 0. The summed E-state index contributed by atoms with van der Waals surface area (Å²) in [6.45, 7) is 1.14. The van der Waals surface area contributed by atoms with E-state index in [0.29, 0.717) is 18.2 Å². The van der Waals surface area contributed by atoms with Gasteiger partial charge in [0.15, 0.2) is 0 Å². The van der Waals surface area contributed by atoms with Crippen LogP contribution < -0.4 is 10.5 Å². The molecule has 1 heterocycles. The lowest BCUT2D eigenvalue weighted by Gasteiger charge is -2.11. The molecule has 0 saturated heterocycles. The zero-order chi connectivity index (χ0) is 14.7. The Labute approximate surface area is 133 Å². The molecule has 0 unspecified atom stereocenters. The maximum absolute atomic E-state index is 6.04. The summed E-state index contributed by atoms with van der Waals surface area (Å²) in [5.41, 5.74) is 7.92. The van der Waals surface area contributed by atoms with Gasteiger partial charge in [0.2, 0.25) is 0 Å². The highest BCUT2D eigenvalue weighted by atomic mass is 35.5. The zero-order valence-electron chi connectivity index (χ0n) is 11.5. The molecule has 3 aromatic rings. The van der Waals surface area contributed by atoms with Crippen molar-refractivity contribution < 1.29 is 4.74 Å². The van der Waals surface area contributed by atoms with E-state index in [-0.39, 0.29) is 0 Å². The molecule has 108 valence electrons. The molecule has 0 atom stereocenters. The van der Waals surface area contributed by atoms with Crippen LogP contribution >= 0.6 is 22.9 Å². The molecule has 21 heavy (non-hydrogen) atoms. The molecular formula is C17H16ClNOS.